The zero-order valence-corrected chi connectivity index (χ0v) is 64.8. The largest absolute Gasteiger partial charge is 0.494 e. The molecule has 0 aromatic heterocycles. The Morgan fingerprint density at radius 1 is 0.337 bits per heavy atom. The number of nitrogens with zero attached hydrogens (tertiary/aromatic N) is 1. The van der Waals surface area contributed by atoms with Crippen molar-refractivity contribution in [2.75, 3.05) is 4.90 Å². The summed E-state index contributed by atoms with van der Waals surface area (Å²) in [6.07, 6.45) is 38.8. The van der Waals surface area contributed by atoms with Gasteiger partial charge in [-0.15, -0.1) is 0 Å². The molecule has 10 rings (SSSR count). The maximum absolute atomic E-state index is 6.30. The van der Waals surface area contributed by atoms with Crippen molar-refractivity contribution in [1.82, 2.24) is 0 Å². The van der Waals surface area contributed by atoms with Crippen LogP contribution >= 0.6 is 31.9 Å². The number of hydrogen-bond acceptors (Lipinski definition) is 5. The van der Waals surface area contributed by atoms with E-state index >= 15 is 0 Å². The summed E-state index contributed by atoms with van der Waals surface area (Å²) in [7, 11) is -0.784. The highest BCUT2D eigenvalue weighted by Crippen LogP contribution is 2.61. The standard InChI is InChI=1S/C52H76Br2.C34H45B2NO4/c1-5-9-13-17-21-25-33-51(34-26-22-18-14-10-6-2)47-37-41(53)29-31-43(47)45-40-50-46(39-49(45)51)44-32-30-42(54)38-48(44)52(50,35-27-23-19-15-11-7-3)36-28-24-20-16-12-8-4;1-11-24(2)25-12-18-28(19-13-25)37(29-20-14-26(15-21-29)35-38-31(3,4)32(5,6)39-35)30-22-16-27(17-23-30)36-40-33(7,8)34(9,10)41-36/h29-32,37-40H,5-28,33-36H2,1-4H3;12-24H,11H2,1-10H3. The first-order valence-corrected chi connectivity index (χ1v) is 39.8. The lowest BCUT2D eigenvalue weighted by molar-refractivity contribution is 0.00578. The van der Waals surface area contributed by atoms with Gasteiger partial charge in [-0.25, -0.2) is 0 Å². The molecule has 6 aromatic carbocycles. The van der Waals surface area contributed by atoms with E-state index in [1.165, 1.54) is 205 Å². The van der Waals surface area contributed by atoms with Crippen molar-refractivity contribution in [2.24, 2.45) is 0 Å². The second kappa shape index (κ2) is 33.9. The van der Waals surface area contributed by atoms with Gasteiger partial charge in [0.2, 0.25) is 0 Å². The molecule has 5 nitrogen and oxygen atoms in total. The first-order valence-electron chi connectivity index (χ1n) is 38.2. The molecule has 0 saturated carbocycles. The van der Waals surface area contributed by atoms with E-state index in [-0.39, 0.29) is 33.2 Å². The lowest BCUT2D eigenvalue weighted by Crippen LogP contribution is -2.41. The van der Waals surface area contributed by atoms with E-state index in [4.69, 9.17) is 18.6 Å². The van der Waals surface area contributed by atoms with Gasteiger partial charge in [0.15, 0.2) is 0 Å². The van der Waals surface area contributed by atoms with Crippen LogP contribution < -0.4 is 15.8 Å². The van der Waals surface area contributed by atoms with Gasteiger partial charge in [-0.2, -0.15) is 0 Å². The molecular weight excluding hydrogens is 1290 g/mol. The van der Waals surface area contributed by atoms with Gasteiger partial charge in [-0.05, 0) is 227 Å². The van der Waals surface area contributed by atoms with Crippen LogP contribution in [0.1, 0.15) is 317 Å². The number of unbranched alkanes of at least 4 members (excludes halogenated alkanes) is 20. The lowest BCUT2D eigenvalue weighted by Gasteiger charge is -2.35. The zero-order valence-electron chi connectivity index (χ0n) is 61.6. The average molecular weight is 1410 g/mol. The Morgan fingerprint density at radius 3 is 0.905 bits per heavy atom. The number of fused-ring (bicyclic) bond motifs is 6. The summed E-state index contributed by atoms with van der Waals surface area (Å²) in [6, 6.07) is 46.2. The first-order chi connectivity index (χ1) is 45.6. The summed E-state index contributed by atoms with van der Waals surface area (Å²) in [4.78, 5) is 2.28. The van der Waals surface area contributed by atoms with Gasteiger partial charge < -0.3 is 23.5 Å². The highest BCUT2D eigenvalue weighted by Gasteiger charge is 2.53. The van der Waals surface area contributed by atoms with E-state index in [9.17, 15) is 0 Å². The van der Waals surface area contributed by atoms with Crippen molar-refractivity contribution >= 4 is 74.1 Å². The van der Waals surface area contributed by atoms with Gasteiger partial charge in [-0.3, -0.25) is 0 Å². The molecule has 514 valence electrons. The van der Waals surface area contributed by atoms with E-state index in [0.717, 1.165) is 34.4 Å². The van der Waals surface area contributed by atoms with E-state index < -0.39 is 14.2 Å². The molecule has 6 aromatic rings. The number of hydrogen-bond donors (Lipinski definition) is 0. The van der Waals surface area contributed by atoms with Crippen LogP contribution in [0, 0.1) is 0 Å². The van der Waals surface area contributed by atoms with Crippen molar-refractivity contribution in [1.29, 1.82) is 0 Å². The Bertz CT molecular complexity index is 3110. The predicted molar refractivity (Wildman–Crippen MR) is 418 cm³/mol. The fourth-order valence-electron chi connectivity index (χ4n) is 15.7. The van der Waals surface area contributed by atoms with Crippen molar-refractivity contribution in [3.05, 3.63) is 158 Å². The molecule has 4 aliphatic rings. The second-order valence-electron chi connectivity index (χ2n) is 31.2. The van der Waals surface area contributed by atoms with Crippen LogP contribution in [0.3, 0.4) is 0 Å². The number of halogens is 2. The molecule has 0 radical (unpaired) electrons. The molecule has 2 fully saturated rings. The van der Waals surface area contributed by atoms with Gasteiger partial charge in [0.25, 0.3) is 0 Å². The summed E-state index contributed by atoms with van der Waals surface area (Å²) < 4.78 is 27.7. The van der Waals surface area contributed by atoms with E-state index in [0.29, 0.717) is 5.92 Å². The maximum atomic E-state index is 6.30. The minimum atomic E-state index is -0.392. The normalized spacial score (nSPS) is 17.5. The monoisotopic (exact) mass is 1410 g/mol. The summed E-state index contributed by atoms with van der Waals surface area (Å²) >= 11 is 7.96. The van der Waals surface area contributed by atoms with E-state index in [1.807, 2.05) is 0 Å². The fourth-order valence-corrected chi connectivity index (χ4v) is 16.5. The molecule has 2 aliphatic carbocycles. The molecular formula is C86H121B2Br2NO4. The Balaban J connectivity index is 0.000000232. The van der Waals surface area contributed by atoms with Crippen LogP contribution in [0.25, 0.3) is 22.3 Å². The Hall–Kier alpha value is -3.95. The topological polar surface area (TPSA) is 40.2 Å². The van der Waals surface area contributed by atoms with Gasteiger partial charge in [-0.1, -0.05) is 276 Å². The van der Waals surface area contributed by atoms with Crippen molar-refractivity contribution in [3.8, 4) is 22.3 Å². The van der Waals surface area contributed by atoms with Crippen LogP contribution in [0.2, 0.25) is 0 Å². The van der Waals surface area contributed by atoms with Crippen molar-refractivity contribution < 1.29 is 18.6 Å². The number of rotatable bonds is 35. The number of anilines is 3. The first kappa shape index (κ1) is 75.3. The fraction of sp³-hybridized carbons (Fsp3) is 0.581. The smallest absolute Gasteiger partial charge is 0.399 e. The highest BCUT2D eigenvalue weighted by atomic mass is 79.9. The Morgan fingerprint density at radius 2 is 0.611 bits per heavy atom. The molecule has 95 heavy (non-hydrogen) atoms. The molecule has 1 unspecified atom stereocenters. The van der Waals surface area contributed by atoms with Crippen LogP contribution in [0.5, 0.6) is 0 Å². The molecule has 1 atom stereocenters. The van der Waals surface area contributed by atoms with Crippen LogP contribution in [-0.2, 0) is 29.4 Å². The SMILES string of the molecule is CCC(C)c1ccc(N(c2ccc(B3OC(C)(C)C(C)(C)O3)cc2)c2ccc(B3OC(C)(C)C(C)(C)O3)cc2)cc1.CCCCCCCCC1(CCCCCCCC)c2cc(Br)ccc2-c2cc3c(cc21)-c1ccc(Br)cc1C3(CCCCCCCC)CCCCCCCC. The summed E-state index contributed by atoms with van der Waals surface area (Å²) in [5.74, 6) is 0.524. The molecule has 2 heterocycles. The van der Waals surface area contributed by atoms with Crippen LogP contribution in [0.4, 0.5) is 17.1 Å². The molecule has 0 bridgehead atoms. The average Bonchev–Trinajstić information content (AvgIpc) is 1.53. The number of benzene rings is 6. The third-order valence-corrected chi connectivity index (χ3v) is 24.3. The highest BCUT2D eigenvalue weighted by molar-refractivity contribution is 9.10. The molecule has 2 aliphatic heterocycles. The second-order valence-corrected chi connectivity index (χ2v) is 33.0. The lowest BCUT2D eigenvalue weighted by atomic mass is 9.68. The minimum absolute atomic E-state index is 0.0956. The van der Waals surface area contributed by atoms with E-state index in [2.05, 4.69) is 255 Å². The predicted octanol–water partition coefficient (Wildman–Crippen LogP) is 26.0. The van der Waals surface area contributed by atoms with Crippen molar-refractivity contribution in [2.45, 2.75) is 322 Å². The van der Waals surface area contributed by atoms with Crippen molar-refractivity contribution in [3.63, 3.8) is 0 Å². The maximum Gasteiger partial charge on any atom is 0.494 e. The minimum Gasteiger partial charge on any atom is -0.399 e. The van der Waals surface area contributed by atoms with Gasteiger partial charge in [0, 0.05) is 36.8 Å². The Kier molecular flexibility index (Phi) is 26.9. The quantitative estimate of drug-likeness (QED) is 0.0293. The van der Waals surface area contributed by atoms with Gasteiger partial charge >= 0.3 is 14.2 Å². The van der Waals surface area contributed by atoms with Gasteiger partial charge in [0.05, 0.1) is 22.4 Å². The molecule has 2 saturated heterocycles. The molecule has 9 heteroatoms. The van der Waals surface area contributed by atoms with E-state index in [1.54, 1.807) is 33.4 Å². The molecule has 0 amide bonds. The summed E-state index contributed by atoms with van der Waals surface area (Å²) in [5, 5.41) is 0. The Labute approximate surface area is 596 Å². The van der Waals surface area contributed by atoms with Gasteiger partial charge in [0.1, 0.15) is 0 Å². The molecule has 0 N–H and O–H groups in total. The third-order valence-electron chi connectivity index (χ3n) is 23.3. The molecule has 0 spiro atoms. The van der Waals surface area contributed by atoms with Crippen LogP contribution in [0.15, 0.2) is 130 Å². The van der Waals surface area contributed by atoms with Crippen LogP contribution in [-0.4, -0.2) is 36.6 Å². The third kappa shape index (κ3) is 17.4. The summed E-state index contributed by atoms with van der Waals surface area (Å²) in [6.45, 7) is 30.5. The zero-order chi connectivity index (χ0) is 68.0. The summed E-state index contributed by atoms with van der Waals surface area (Å²) in [5.41, 5.74) is 18.0.